The van der Waals surface area contributed by atoms with Crippen LogP contribution in [-0.2, 0) is 0 Å². The van der Waals surface area contributed by atoms with E-state index in [9.17, 15) is 4.79 Å². The maximum Gasteiger partial charge on any atom is 0.322 e. The van der Waals surface area contributed by atoms with Gasteiger partial charge in [0.2, 0.25) is 0 Å². The highest BCUT2D eigenvalue weighted by Crippen LogP contribution is 2.25. The molecule has 22 heavy (non-hydrogen) atoms. The highest BCUT2D eigenvalue weighted by Gasteiger charge is 2.14. The fourth-order valence-electron chi connectivity index (χ4n) is 2.07. The Morgan fingerprint density at radius 3 is 2.77 bits per heavy atom. The number of rotatable bonds is 6. The van der Waals surface area contributed by atoms with Crippen molar-refractivity contribution in [1.82, 2.24) is 9.47 Å². The standard InChI is InChI=1S/C16H18ClN3O2/c1-2-7-20(10-11-21)16(22)18-14-6-5-13(17)12-15(14)19-8-3-4-9-19/h2-6,8-9,12,21H,1,7,10-11H2,(H,18,22). The summed E-state index contributed by atoms with van der Waals surface area (Å²) in [5.41, 5.74) is 1.41. The van der Waals surface area contributed by atoms with Gasteiger partial charge in [0.25, 0.3) is 0 Å². The molecule has 0 unspecified atom stereocenters. The van der Waals surface area contributed by atoms with E-state index in [2.05, 4.69) is 11.9 Å². The van der Waals surface area contributed by atoms with Crippen molar-refractivity contribution in [3.8, 4) is 5.69 Å². The van der Waals surface area contributed by atoms with Crippen LogP contribution in [0.25, 0.3) is 5.69 Å². The number of aromatic nitrogens is 1. The molecule has 0 bridgehead atoms. The number of hydrogen-bond acceptors (Lipinski definition) is 2. The van der Waals surface area contributed by atoms with E-state index in [0.717, 1.165) is 5.69 Å². The lowest BCUT2D eigenvalue weighted by Crippen LogP contribution is -2.37. The van der Waals surface area contributed by atoms with Crippen molar-refractivity contribution in [3.63, 3.8) is 0 Å². The number of benzene rings is 1. The molecule has 0 atom stereocenters. The van der Waals surface area contributed by atoms with Crippen molar-refractivity contribution in [3.05, 3.63) is 60.4 Å². The Morgan fingerprint density at radius 2 is 2.14 bits per heavy atom. The first-order valence-electron chi connectivity index (χ1n) is 6.86. The number of carbonyl (C=O) groups is 1. The van der Waals surface area contributed by atoms with E-state index in [1.165, 1.54) is 4.90 Å². The third-order valence-electron chi connectivity index (χ3n) is 3.09. The summed E-state index contributed by atoms with van der Waals surface area (Å²) in [4.78, 5) is 13.8. The number of aliphatic hydroxyl groups excluding tert-OH is 1. The van der Waals surface area contributed by atoms with Crippen molar-refractivity contribution in [2.75, 3.05) is 25.0 Å². The number of urea groups is 1. The molecule has 6 heteroatoms. The molecule has 0 saturated heterocycles. The molecule has 1 heterocycles. The van der Waals surface area contributed by atoms with Crippen LogP contribution in [0.5, 0.6) is 0 Å². The maximum atomic E-state index is 12.3. The van der Waals surface area contributed by atoms with E-state index >= 15 is 0 Å². The quantitative estimate of drug-likeness (QED) is 0.804. The van der Waals surface area contributed by atoms with Gasteiger partial charge in [-0.15, -0.1) is 6.58 Å². The molecule has 0 saturated carbocycles. The van der Waals surface area contributed by atoms with Gasteiger partial charge in [-0.3, -0.25) is 0 Å². The van der Waals surface area contributed by atoms with Crippen LogP contribution in [0.15, 0.2) is 55.4 Å². The summed E-state index contributed by atoms with van der Waals surface area (Å²) in [5.74, 6) is 0. The topological polar surface area (TPSA) is 57.5 Å². The van der Waals surface area contributed by atoms with Crippen LogP contribution in [0.3, 0.4) is 0 Å². The van der Waals surface area contributed by atoms with E-state index < -0.39 is 0 Å². The molecule has 5 nitrogen and oxygen atoms in total. The molecule has 0 aliphatic carbocycles. The number of carbonyl (C=O) groups excluding carboxylic acids is 1. The lowest BCUT2D eigenvalue weighted by atomic mass is 10.2. The molecule has 0 spiro atoms. The Hall–Kier alpha value is -2.24. The number of amides is 2. The molecule has 1 aromatic carbocycles. The Morgan fingerprint density at radius 1 is 1.41 bits per heavy atom. The normalized spacial score (nSPS) is 10.3. The predicted octanol–water partition coefficient (Wildman–Crippen LogP) is 3.14. The smallest absolute Gasteiger partial charge is 0.322 e. The molecule has 0 radical (unpaired) electrons. The minimum absolute atomic E-state index is 0.105. The van der Waals surface area contributed by atoms with Crippen LogP contribution in [0.2, 0.25) is 5.02 Å². The van der Waals surface area contributed by atoms with Crippen LogP contribution in [0.4, 0.5) is 10.5 Å². The third kappa shape index (κ3) is 3.90. The van der Waals surface area contributed by atoms with Crippen LogP contribution in [0, 0.1) is 0 Å². The Balaban J connectivity index is 2.25. The molecule has 2 rings (SSSR count). The van der Waals surface area contributed by atoms with E-state index in [1.807, 2.05) is 29.1 Å². The van der Waals surface area contributed by atoms with Gasteiger partial charge in [0, 0.05) is 30.5 Å². The first kappa shape index (κ1) is 16.1. The first-order valence-corrected chi connectivity index (χ1v) is 7.24. The lowest BCUT2D eigenvalue weighted by molar-refractivity contribution is 0.195. The van der Waals surface area contributed by atoms with Crippen LogP contribution in [-0.4, -0.2) is 40.3 Å². The molecule has 2 aromatic rings. The minimum atomic E-state index is -0.301. The fourth-order valence-corrected chi connectivity index (χ4v) is 2.23. The van der Waals surface area contributed by atoms with Gasteiger partial charge in [0.05, 0.1) is 18.0 Å². The van der Waals surface area contributed by atoms with Gasteiger partial charge in [0.1, 0.15) is 0 Å². The van der Waals surface area contributed by atoms with Crippen LogP contribution in [0.1, 0.15) is 0 Å². The number of hydrogen-bond donors (Lipinski definition) is 2. The maximum absolute atomic E-state index is 12.3. The summed E-state index contributed by atoms with van der Waals surface area (Å²) < 4.78 is 1.87. The average molecular weight is 320 g/mol. The number of anilines is 1. The van der Waals surface area contributed by atoms with Crippen molar-refractivity contribution < 1.29 is 9.90 Å². The second-order valence-corrected chi connectivity index (χ2v) is 5.08. The molecule has 0 aliphatic heterocycles. The van der Waals surface area contributed by atoms with Gasteiger partial charge in [0.15, 0.2) is 0 Å². The molecule has 2 amide bonds. The number of aliphatic hydroxyl groups is 1. The summed E-state index contributed by atoms with van der Waals surface area (Å²) in [6, 6.07) is 8.73. The van der Waals surface area contributed by atoms with Gasteiger partial charge in [-0.1, -0.05) is 17.7 Å². The second kappa shape index (κ2) is 7.68. The number of halogens is 1. The van der Waals surface area contributed by atoms with E-state index in [0.29, 0.717) is 17.3 Å². The molecule has 0 fully saturated rings. The van der Waals surface area contributed by atoms with Gasteiger partial charge in [-0.2, -0.15) is 0 Å². The van der Waals surface area contributed by atoms with Gasteiger partial charge in [-0.25, -0.2) is 4.79 Å². The molecular formula is C16H18ClN3O2. The summed E-state index contributed by atoms with van der Waals surface area (Å²) in [6.07, 6.45) is 5.36. The Bertz CT molecular complexity index is 641. The monoisotopic (exact) mass is 319 g/mol. The fraction of sp³-hybridized carbons (Fsp3) is 0.188. The Labute approximate surface area is 134 Å². The number of nitrogens with one attached hydrogen (secondary N) is 1. The average Bonchev–Trinajstić information content (AvgIpc) is 3.03. The lowest BCUT2D eigenvalue weighted by Gasteiger charge is -2.21. The van der Waals surface area contributed by atoms with Gasteiger partial charge >= 0.3 is 6.03 Å². The summed E-state index contributed by atoms with van der Waals surface area (Å²) in [6.45, 7) is 4.11. The van der Waals surface area contributed by atoms with Crippen molar-refractivity contribution in [2.24, 2.45) is 0 Å². The summed E-state index contributed by atoms with van der Waals surface area (Å²) in [7, 11) is 0. The minimum Gasteiger partial charge on any atom is -0.395 e. The third-order valence-corrected chi connectivity index (χ3v) is 3.33. The molecule has 0 aliphatic rings. The van der Waals surface area contributed by atoms with E-state index in [1.54, 1.807) is 24.3 Å². The highest BCUT2D eigenvalue weighted by molar-refractivity contribution is 6.30. The number of nitrogens with zero attached hydrogens (tertiary/aromatic N) is 2. The predicted molar refractivity (Wildman–Crippen MR) is 88.7 cm³/mol. The Kier molecular flexibility index (Phi) is 5.63. The van der Waals surface area contributed by atoms with Crippen LogP contribution >= 0.6 is 11.6 Å². The van der Waals surface area contributed by atoms with E-state index in [-0.39, 0.29) is 19.2 Å². The van der Waals surface area contributed by atoms with Gasteiger partial charge < -0.3 is 19.9 Å². The summed E-state index contributed by atoms with van der Waals surface area (Å²) in [5, 5.41) is 12.5. The molecule has 2 N–H and O–H groups in total. The first-order chi connectivity index (χ1) is 10.7. The largest absolute Gasteiger partial charge is 0.395 e. The van der Waals surface area contributed by atoms with E-state index in [4.69, 9.17) is 16.7 Å². The van der Waals surface area contributed by atoms with Gasteiger partial charge in [-0.05, 0) is 30.3 Å². The zero-order valence-electron chi connectivity index (χ0n) is 12.1. The zero-order chi connectivity index (χ0) is 15.9. The van der Waals surface area contributed by atoms with Crippen molar-refractivity contribution in [1.29, 1.82) is 0 Å². The second-order valence-electron chi connectivity index (χ2n) is 4.64. The zero-order valence-corrected chi connectivity index (χ0v) is 12.8. The van der Waals surface area contributed by atoms with Crippen molar-refractivity contribution in [2.45, 2.75) is 0 Å². The molecule has 116 valence electrons. The molecular weight excluding hydrogens is 302 g/mol. The SMILES string of the molecule is C=CCN(CCO)C(=O)Nc1ccc(Cl)cc1-n1cccc1. The highest BCUT2D eigenvalue weighted by atomic mass is 35.5. The van der Waals surface area contributed by atoms with Crippen molar-refractivity contribution >= 4 is 23.3 Å². The van der Waals surface area contributed by atoms with Crippen LogP contribution < -0.4 is 5.32 Å². The molecule has 1 aromatic heterocycles. The summed E-state index contributed by atoms with van der Waals surface area (Å²) >= 11 is 6.05.